The Kier molecular flexibility index (Phi) is 15.5. The Labute approximate surface area is 208 Å². The molecule has 0 aromatic rings. The Morgan fingerprint density at radius 1 is 1.36 bits per heavy atom. The summed E-state index contributed by atoms with van der Waals surface area (Å²) in [5.74, 6) is 2.56. The fourth-order valence-corrected chi connectivity index (χ4v) is 4.12. The maximum Gasteiger partial charge on any atom is 0.337 e. The first-order chi connectivity index (χ1) is 16.0. The van der Waals surface area contributed by atoms with Crippen molar-refractivity contribution < 1.29 is 13.9 Å². The number of nitrogens with zero attached hydrogens (tertiary/aromatic N) is 1. The Bertz CT molecular complexity index is 780. The third-order valence-electron chi connectivity index (χ3n) is 5.45. The van der Waals surface area contributed by atoms with Crippen molar-refractivity contribution in [3.05, 3.63) is 59.3 Å². The molecule has 0 saturated carbocycles. The zero-order valence-electron chi connectivity index (χ0n) is 20.3. The number of carbonyl (C=O) groups excluding carboxylic acids is 1. The molecule has 0 amide bonds. The second-order valence-corrected chi connectivity index (χ2v) is 9.13. The lowest BCUT2D eigenvalue weighted by atomic mass is 9.92. The maximum atomic E-state index is 12.3. The highest BCUT2D eigenvalue weighted by molar-refractivity contribution is 9.09. The molecule has 1 unspecified atom stereocenters. The number of unbranched alkanes of at least 4 members (excludes halogenated alkanes) is 1. The lowest BCUT2D eigenvalue weighted by Crippen LogP contribution is -2.40. The molecular weight excluding hydrogens is 481 g/mol. The standard InChI is InChI=1S/C28H39BrFNO2/c1-5-11-25(20-27-21-31(22-27)17-10-16-30)14-9-13-24(6-2)19-26(12-7-8-15-29)18-23(3)28(32)33-4/h2,9,11,14,18,20,24H,3,5,7-8,10,12-13,15-17,19,21-22H2,1,4H3/b14-9-,25-11+,26-18-. The molecule has 33 heavy (non-hydrogen) atoms. The number of halogens is 2. The lowest BCUT2D eigenvalue weighted by molar-refractivity contribution is -0.135. The van der Waals surface area contributed by atoms with Crippen LogP contribution < -0.4 is 0 Å². The number of hydrogen-bond donors (Lipinski definition) is 0. The first-order valence-corrected chi connectivity index (χ1v) is 12.9. The molecule has 1 rings (SSSR count). The van der Waals surface area contributed by atoms with Gasteiger partial charge in [0, 0.05) is 30.9 Å². The van der Waals surface area contributed by atoms with Crippen LogP contribution in [-0.4, -0.2) is 49.6 Å². The highest BCUT2D eigenvalue weighted by Crippen LogP contribution is 2.23. The van der Waals surface area contributed by atoms with E-state index >= 15 is 0 Å². The number of terminal acetylenes is 1. The van der Waals surface area contributed by atoms with Crippen LogP contribution in [0.2, 0.25) is 0 Å². The van der Waals surface area contributed by atoms with Gasteiger partial charge in [-0.15, -0.1) is 12.3 Å². The van der Waals surface area contributed by atoms with Crippen molar-refractivity contribution >= 4 is 21.9 Å². The first-order valence-electron chi connectivity index (χ1n) is 11.8. The van der Waals surface area contributed by atoms with E-state index in [1.807, 2.05) is 6.08 Å². The zero-order valence-corrected chi connectivity index (χ0v) is 21.8. The largest absolute Gasteiger partial charge is 0.465 e. The highest BCUT2D eigenvalue weighted by atomic mass is 79.9. The fourth-order valence-electron chi connectivity index (χ4n) is 3.72. The van der Waals surface area contributed by atoms with Crippen molar-refractivity contribution in [1.82, 2.24) is 4.90 Å². The third kappa shape index (κ3) is 12.2. The van der Waals surface area contributed by atoms with Gasteiger partial charge < -0.3 is 4.74 Å². The molecule has 1 fully saturated rings. The molecule has 1 atom stereocenters. The van der Waals surface area contributed by atoms with Gasteiger partial charge in [-0.2, -0.15) is 0 Å². The molecule has 0 spiro atoms. The van der Waals surface area contributed by atoms with E-state index in [0.717, 1.165) is 69.1 Å². The number of esters is 1. The molecule has 3 nitrogen and oxygen atoms in total. The minimum atomic E-state index is -0.410. The molecule has 0 radical (unpaired) electrons. The topological polar surface area (TPSA) is 29.5 Å². The predicted molar refractivity (Wildman–Crippen MR) is 141 cm³/mol. The molecule has 182 valence electrons. The molecule has 1 heterocycles. The third-order valence-corrected chi connectivity index (χ3v) is 6.02. The Morgan fingerprint density at radius 3 is 2.73 bits per heavy atom. The van der Waals surface area contributed by atoms with Gasteiger partial charge in [-0.3, -0.25) is 9.29 Å². The summed E-state index contributed by atoms with van der Waals surface area (Å²) >= 11 is 3.47. The van der Waals surface area contributed by atoms with Crippen LogP contribution in [0.4, 0.5) is 4.39 Å². The number of alkyl halides is 2. The molecule has 5 heteroatoms. The van der Waals surface area contributed by atoms with Crippen LogP contribution in [0.5, 0.6) is 0 Å². The normalized spacial score (nSPS) is 15.8. The van der Waals surface area contributed by atoms with Gasteiger partial charge in [0.1, 0.15) is 0 Å². The summed E-state index contributed by atoms with van der Waals surface area (Å²) in [4.78, 5) is 14.0. The summed E-state index contributed by atoms with van der Waals surface area (Å²) in [5, 5.41) is 0.954. The SMILES string of the molecule is C#CC(C/C=C\C(C=C1CN(CCCF)C1)=C/CC)C/C(=C\C(=C)C(=O)OC)CCCCBr. The van der Waals surface area contributed by atoms with Gasteiger partial charge in [-0.05, 0) is 62.2 Å². The predicted octanol–water partition coefficient (Wildman–Crippen LogP) is 6.73. The Balaban J connectivity index is 2.73. The van der Waals surface area contributed by atoms with Crippen LogP contribution in [-0.2, 0) is 9.53 Å². The highest BCUT2D eigenvalue weighted by Gasteiger charge is 2.19. The molecular formula is C28H39BrFNO2. The number of carbonyl (C=O) groups is 1. The van der Waals surface area contributed by atoms with E-state index in [-0.39, 0.29) is 12.6 Å². The van der Waals surface area contributed by atoms with Crippen LogP contribution in [0.25, 0.3) is 0 Å². The number of rotatable bonds is 16. The van der Waals surface area contributed by atoms with Gasteiger partial charge in [0.15, 0.2) is 0 Å². The van der Waals surface area contributed by atoms with Crippen molar-refractivity contribution in [1.29, 1.82) is 0 Å². The van der Waals surface area contributed by atoms with Crippen LogP contribution in [0.3, 0.4) is 0 Å². The quantitative estimate of drug-likeness (QED) is 0.0565. The fraction of sp³-hybridized carbons (Fsp3) is 0.536. The van der Waals surface area contributed by atoms with Gasteiger partial charge in [0.25, 0.3) is 0 Å². The van der Waals surface area contributed by atoms with E-state index < -0.39 is 5.97 Å². The summed E-state index contributed by atoms with van der Waals surface area (Å²) in [7, 11) is 1.36. The van der Waals surface area contributed by atoms with Gasteiger partial charge in [-0.25, -0.2) is 4.79 Å². The monoisotopic (exact) mass is 519 g/mol. The van der Waals surface area contributed by atoms with Crippen molar-refractivity contribution in [2.75, 3.05) is 38.7 Å². The minimum absolute atomic E-state index is 0.0531. The molecule has 0 aromatic heterocycles. The van der Waals surface area contributed by atoms with Crippen molar-refractivity contribution in [3.8, 4) is 12.3 Å². The summed E-state index contributed by atoms with van der Waals surface area (Å²) in [6.07, 6.45) is 22.5. The summed E-state index contributed by atoms with van der Waals surface area (Å²) in [6, 6.07) is 0. The van der Waals surface area contributed by atoms with Crippen molar-refractivity contribution in [2.45, 2.75) is 51.9 Å². The van der Waals surface area contributed by atoms with E-state index in [4.69, 9.17) is 11.2 Å². The molecule has 1 aliphatic rings. The van der Waals surface area contributed by atoms with Crippen LogP contribution in [0.15, 0.2) is 59.3 Å². The second kappa shape index (κ2) is 17.6. The van der Waals surface area contributed by atoms with Crippen LogP contribution in [0, 0.1) is 18.3 Å². The molecule has 1 saturated heterocycles. The van der Waals surface area contributed by atoms with E-state index in [1.54, 1.807) is 0 Å². The van der Waals surface area contributed by atoms with Crippen LogP contribution in [0.1, 0.15) is 51.9 Å². The molecule has 1 aliphatic heterocycles. The van der Waals surface area contributed by atoms with Gasteiger partial charge in [0.05, 0.1) is 19.4 Å². The van der Waals surface area contributed by atoms with Crippen molar-refractivity contribution in [2.24, 2.45) is 5.92 Å². The maximum absolute atomic E-state index is 12.3. The number of likely N-dealkylation sites (tertiary alicyclic amines) is 1. The molecule has 0 bridgehead atoms. The van der Waals surface area contributed by atoms with Gasteiger partial charge in [-0.1, -0.05) is 59.3 Å². The molecule has 0 aromatic carbocycles. The second-order valence-electron chi connectivity index (χ2n) is 8.34. The van der Waals surface area contributed by atoms with Gasteiger partial charge >= 0.3 is 5.97 Å². The average molecular weight is 521 g/mol. The van der Waals surface area contributed by atoms with Crippen LogP contribution >= 0.6 is 15.9 Å². The Morgan fingerprint density at radius 2 is 2.12 bits per heavy atom. The number of hydrogen-bond acceptors (Lipinski definition) is 3. The average Bonchev–Trinajstić information content (AvgIpc) is 2.78. The van der Waals surface area contributed by atoms with E-state index in [9.17, 15) is 9.18 Å². The lowest BCUT2D eigenvalue weighted by Gasteiger charge is -2.34. The summed E-state index contributed by atoms with van der Waals surface area (Å²) in [6.45, 7) is 8.39. The van der Waals surface area contributed by atoms with E-state index in [1.165, 1.54) is 18.3 Å². The van der Waals surface area contributed by atoms with Crippen molar-refractivity contribution in [3.63, 3.8) is 0 Å². The smallest absolute Gasteiger partial charge is 0.337 e. The Hall–Kier alpha value is -1.90. The minimum Gasteiger partial charge on any atom is -0.465 e. The molecule has 0 aliphatic carbocycles. The number of methoxy groups -OCH3 is 1. The van der Waals surface area contributed by atoms with E-state index in [0.29, 0.717) is 12.0 Å². The molecule has 0 N–H and O–H groups in total. The zero-order chi connectivity index (χ0) is 24.5. The summed E-state index contributed by atoms with van der Waals surface area (Å²) < 4.78 is 17.1. The van der Waals surface area contributed by atoms with E-state index in [2.05, 4.69) is 64.6 Å². The number of ether oxygens (including phenoxy) is 1. The number of allylic oxidation sites excluding steroid dienone is 6. The first kappa shape index (κ1) is 29.1. The van der Waals surface area contributed by atoms with Gasteiger partial charge in [0.2, 0.25) is 0 Å². The summed E-state index contributed by atoms with van der Waals surface area (Å²) in [5.41, 5.74) is 4.07.